The molecule has 0 amide bonds. The Bertz CT molecular complexity index is 397. The molecule has 0 aliphatic carbocycles. The Labute approximate surface area is 103 Å². The van der Waals surface area contributed by atoms with Crippen LogP contribution in [0.25, 0.3) is 0 Å². The Morgan fingerprint density at radius 2 is 2.18 bits per heavy atom. The van der Waals surface area contributed by atoms with E-state index in [2.05, 4.69) is 4.98 Å². The lowest BCUT2D eigenvalue weighted by Crippen LogP contribution is -2.39. The molecule has 0 radical (unpaired) electrons. The van der Waals surface area contributed by atoms with Gasteiger partial charge in [0.2, 0.25) is 5.78 Å². The maximum atomic E-state index is 11.8. The zero-order valence-corrected chi connectivity index (χ0v) is 10.2. The van der Waals surface area contributed by atoms with Crippen LogP contribution >= 0.6 is 11.3 Å². The van der Waals surface area contributed by atoms with Gasteiger partial charge in [0.05, 0.1) is 12.5 Å². The van der Waals surface area contributed by atoms with Gasteiger partial charge in [-0.3, -0.25) is 14.5 Å². The minimum absolute atomic E-state index is 0.0220. The van der Waals surface area contributed by atoms with Gasteiger partial charge in [-0.15, -0.1) is 11.3 Å². The lowest BCUT2D eigenvalue weighted by molar-refractivity contribution is -0.143. The molecule has 1 aliphatic heterocycles. The average molecular weight is 254 g/mol. The molecule has 2 rings (SSSR count). The molecule has 0 aromatic carbocycles. The first-order valence-electron chi connectivity index (χ1n) is 5.54. The van der Waals surface area contributed by atoms with E-state index in [0.29, 0.717) is 37.5 Å². The molecule has 0 unspecified atom stereocenters. The van der Waals surface area contributed by atoms with Crippen molar-refractivity contribution in [3.05, 3.63) is 16.6 Å². The third kappa shape index (κ3) is 3.10. The smallest absolute Gasteiger partial charge is 0.306 e. The number of carboxylic acids is 1. The van der Waals surface area contributed by atoms with Crippen LogP contribution in [0.1, 0.15) is 22.6 Å². The summed E-state index contributed by atoms with van der Waals surface area (Å²) in [5.74, 6) is -0.953. The number of rotatable bonds is 4. The quantitative estimate of drug-likeness (QED) is 0.815. The second kappa shape index (κ2) is 5.37. The molecule has 1 fully saturated rings. The number of likely N-dealkylation sites (tertiary alicyclic amines) is 1. The average Bonchev–Trinajstić information content (AvgIpc) is 2.83. The number of nitrogens with zero attached hydrogens (tertiary/aromatic N) is 2. The highest BCUT2D eigenvalue weighted by Crippen LogP contribution is 2.17. The van der Waals surface area contributed by atoms with Gasteiger partial charge in [-0.2, -0.15) is 0 Å². The molecule has 2 heterocycles. The summed E-state index contributed by atoms with van der Waals surface area (Å²) in [6.07, 6.45) is 2.87. The summed E-state index contributed by atoms with van der Waals surface area (Å²) in [5, 5.41) is 11.2. The molecule has 1 aliphatic rings. The number of carboxylic acid groups (broad SMARTS) is 1. The van der Waals surface area contributed by atoms with Crippen LogP contribution in [0.5, 0.6) is 0 Å². The molecule has 0 bridgehead atoms. The Morgan fingerprint density at radius 3 is 2.71 bits per heavy atom. The van der Waals surface area contributed by atoms with Crippen molar-refractivity contribution in [2.24, 2.45) is 5.92 Å². The number of hydrogen-bond acceptors (Lipinski definition) is 5. The van der Waals surface area contributed by atoms with Crippen molar-refractivity contribution < 1.29 is 14.7 Å². The summed E-state index contributed by atoms with van der Waals surface area (Å²) in [7, 11) is 0. The Kier molecular flexibility index (Phi) is 3.86. The first-order chi connectivity index (χ1) is 8.16. The topological polar surface area (TPSA) is 70.5 Å². The molecule has 0 saturated carbocycles. The molecule has 0 atom stereocenters. The zero-order chi connectivity index (χ0) is 12.3. The summed E-state index contributed by atoms with van der Waals surface area (Å²) < 4.78 is 0. The second-order valence-corrected chi connectivity index (χ2v) is 5.04. The van der Waals surface area contributed by atoms with E-state index in [4.69, 9.17) is 5.11 Å². The van der Waals surface area contributed by atoms with E-state index in [1.165, 1.54) is 11.3 Å². The molecular weight excluding hydrogens is 240 g/mol. The third-order valence-corrected chi connectivity index (χ3v) is 3.79. The summed E-state index contributed by atoms with van der Waals surface area (Å²) in [4.78, 5) is 28.5. The van der Waals surface area contributed by atoms with Gasteiger partial charge in [-0.05, 0) is 25.9 Å². The van der Waals surface area contributed by atoms with E-state index in [1.54, 1.807) is 11.6 Å². The van der Waals surface area contributed by atoms with Gasteiger partial charge >= 0.3 is 5.97 Å². The molecule has 17 heavy (non-hydrogen) atoms. The highest BCUT2D eigenvalue weighted by Gasteiger charge is 2.25. The molecular formula is C11H14N2O3S. The molecule has 1 aromatic heterocycles. The molecule has 1 saturated heterocycles. The third-order valence-electron chi connectivity index (χ3n) is 2.97. The largest absolute Gasteiger partial charge is 0.481 e. The van der Waals surface area contributed by atoms with Crippen molar-refractivity contribution in [2.45, 2.75) is 12.8 Å². The normalized spacial score (nSPS) is 18.1. The van der Waals surface area contributed by atoms with Crippen LogP contribution in [-0.2, 0) is 4.79 Å². The number of aromatic nitrogens is 1. The first kappa shape index (κ1) is 12.2. The van der Waals surface area contributed by atoms with Crippen LogP contribution in [0.4, 0.5) is 0 Å². The number of carbonyl (C=O) groups excluding carboxylic acids is 1. The van der Waals surface area contributed by atoms with Gasteiger partial charge in [-0.1, -0.05) is 0 Å². The summed E-state index contributed by atoms with van der Waals surface area (Å²) >= 11 is 1.34. The number of carbonyl (C=O) groups is 2. The zero-order valence-electron chi connectivity index (χ0n) is 9.33. The highest BCUT2D eigenvalue weighted by molar-refractivity contribution is 7.11. The fourth-order valence-electron chi connectivity index (χ4n) is 1.97. The molecule has 1 N–H and O–H groups in total. The number of Topliss-reactive ketones (excluding diaryl/α,β-unsaturated/α-hetero) is 1. The fourth-order valence-corrected chi connectivity index (χ4v) is 2.54. The molecule has 5 nitrogen and oxygen atoms in total. The van der Waals surface area contributed by atoms with E-state index >= 15 is 0 Å². The number of hydrogen-bond donors (Lipinski definition) is 1. The maximum Gasteiger partial charge on any atom is 0.306 e. The number of piperidine rings is 1. The summed E-state index contributed by atoms with van der Waals surface area (Å²) in [5.41, 5.74) is 0. The lowest BCUT2D eigenvalue weighted by Gasteiger charge is -2.29. The molecule has 92 valence electrons. The van der Waals surface area contributed by atoms with Crippen LogP contribution < -0.4 is 0 Å². The van der Waals surface area contributed by atoms with Gasteiger partial charge in [0.1, 0.15) is 0 Å². The van der Waals surface area contributed by atoms with Crippen LogP contribution in [0.15, 0.2) is 11.6 Å². The Morgan fingerprint density at radius 1 is 1.47 bits per heavy atom. The van der Waals surface area contributed by atoms with E-state index in [0.717, 1.165) is 0 Å². The van der Waals surface area contributed by atoms with Gasteiger partial charge in [0.15, 0.2) is 5.01 Å². The van der Waals surface area contributed by atoms with Crippen LogP contribution in [0.3, 0.4) is 0 Å². The van der Waals surface area contributed by atoms with Gasteiger partial charge in [-0.25, -0.2) is 4.98 Å². The maximum absolute atomic E-state index is 11.8. The van der Waals surface area contributed by atoms with E-state index in [9.17, 15) is 9.59 Å². The molecule has 6 heteroatoms. The molecule has 0 spiro atoms. The minimum atomic E-state index is -0.726. The van der Waals surface area contributed by atoms with Gasteiger partial charge in [0.25, 0.3) is 0 Å². The monoisotopic (exact) mass is 254 g/mol. The van der Waals surface area contributed by atoms with Crippen LogP contribution in [-0.4, -0.2) is 46.4 Å². The van der Waals surface area contributed by atoms with E-state index in [1.807, 2.05) is 4.90 Å². The SMILES string of the molecule is O=C(CN1CCC(C(=O)O)CC1)c1nccs1. The van der Waals surface area contributed by atoms with E-state index in [-0.39, 0.29) is 11.7 Å². The lowest BCUT2D eigenvalue weighted by atomic mass is 9.97. The second-order valence-electron chi connectivity index (χ2n) is 4.15. The predicted octanol–water partition coefficient (Wildman–Crippen LogP) is 1.12. The van der Waals surface area contributed by atoms with Crippen molar-refractivity contribution in [2.75, 3.05) is 19.6 Å². The first-order valence-corrected chi connectivity index (χ1v) is 6.42. The van der Waals surface area contributed by atoms with E-state index < -0.39 is 5.97 Å². The van der Waals surface area contributed by atoms with Crippen LogP contribution in [0.2, 0.25) is 0 Å². The molecule has 1 aromatic rings. The predicted molar refractivity (Wildman–Crippen MR) is 63.2 cm³/mol. The van der Waals surface area contributed by atoms with Gasteiger partial charge in [0, 0.05) is 11.6 Å². The highest BCUT2D eigenvalue weighted by atomic mass is 32.1. The van der Waals surface area contributed by atoms with Crippen molar-refractivity contribution in [1.29, 1.82) is 0 Å². The van der Waals surface area contributed by atoms with Crippen molar-refractivity contribution in [1.82, 2.24) is 9.88 Å². The summed E-state index contributed by atoms with van der Waals surface area (Å²) in [6, 6.07) is 0. The standard InChI is InChI=1S/C11H14N2O3S/c14-9(10-12-3-6-17-10)7-13-4-1-8(2-5-13)11(15)16/h3,6,8H,1-2,4-5,7H2,(H,15,16). The number of ketones is 1. The fraction of sp³-hybridized carbons (Fsp3) is 0.545. The van der Waals surface area contributed by atoms with Crippen molar-refractivity contribution in [3.8, 4) is 0 Å². The summed E-state index contributed by atoms with van der Waals surface area (Å²) in [6.45, 7) is 1.70. The number of thiazole rings is 1. The Hall–Kier alpha value is -1.27. The van der Waals surface area contributed by atoms with Gasteiger partial charge < -0.3 is 5.11 Å². The minimum Gasteiger partial charge on any atom is -0.481 e. The Balaban J connectivity index is 1.82. The van der Waals surface area contributed by atoms with Crippen molar-refractivity contribution >= 4 is 23.1 Å². The van der Waals surface area contributed by atoms with Crippen molar-refractivity contribution in [3.63, 3.8) is 0 Å². The number of aliphatic carboxylic acids is 1. The van der Waals surface area contributed by atoms with Crippen LogP contribution in [0, 0.1) is 5.92 Å².